The lowest BCUT2D eigenvalue weighted by Gasteiger charge is -2.23. The van der Waals surface area contributed by atoms with Gasteiger partial charge in [-0.05, 0) is 43.3 Å². The monoisotopic (exact) mass is 344 g/mol. The molecule has 0 atom stereocenters. The maximum atomic E-state index is 12.5. The predicted molar refractivity (Wildman–Crippen MR) is 93.4 cm³/mol. The highest BCUT2D eigenvalue weighted by atomic mass is 16.7. The number of rotatable bonds is 7. The van der Waals surface area contributed by atoms with Gasteiger partial charge < -0.3 is 18.8 Å². The van der Waals surface area contributed by atoms with E-state index in [0.29, 0.717) is 19.6 Å². The van der Waals surface area contributed by atoms with E-state index in [9.17, 15) is 4.79 Å². The van der Waals surface area contributed by atoms with Crippen LogP contribution < -0.4 is 9.47 Å². The van der Waals surface area contributed by atoms with Gasteiger partial charge in [-0.15, -0.1) is 0 Å². The zero-order valence-electron chi connectivity index (χ0n) is 14.9. The number of ether oxygens (including phenoxy) is 2. The Bertz CT molecular complexity index is 741. The Morgan fingerprint density at radius 2 is 1.92 bits per heavy atom. The average molecular weight is 344 g/mol. The molecule has 0 fully saturated rings. The lowest BCUT2D eigenvalue weighted by molar-refractivity contribution is -0.132. The number of likely N-dealkylation sites (N-methyl/N-ethyl adjacent to an activating group) is 2. The molecule has 0 spiro atoms. The van der Waals surface area contributed by atoms with Gasteiger partial charge in [0.25, 0.3) is 0 Å². The second-order valence-electron chi connectivity index (χ2n) is 6.25. The Hall–Kier alpha value is -2.47. The van der Waals surface area contributed by atoms with E-state index in [1.807, 2.05) is 37.3 Å². The summed E-state index contributed by atoms with van der Waals surface area (Å²) in [4.78, 5) is 16.3. The van der Waals surface area contributed by atoms with Gasteiger partial charge in [-0.2, -0.15) is 0 Å². The van der Waals surface area contributed by atoms with E-state index in [1.54, 1.807) is 11.9 Å². The van der Waals surface area contributed by atoms with E-state index in [0.717, 1.165) is 35.1 Å². The fourth-order valence-corrected chi connectivity index (χ4v) is 2.78. The van der Waals surface area contributed by atoms with Crippen LogP contribution >= 0.6 is 0 Å². The Kier molecular flexibility index (Phi) is 5.28. The normalized spacial score (nSPS) is 12.6. The summed E-state index contributed by atoms with van der Waals surface area (Å²) in [6.07, 6.45) is 0. The van der Waals surface area contributed by atoms with Crippen molar-refractivity contribution in [2.24, 2.45) is 0 Å². The summed E-state index contributed by atoms with van der Waals surface area (Å²) in [5.74, 6) is 3.26. The van der Waals surface area contributed by atoms with Crippen molar-refractivity contribution in [1.82, 2.24) is 9.80 Å². The molecule has 1 aromatic heterocycles. The van der Waals surface area contributed by atoms with Gasteiger partial charge in [0.1, 0.15) is 11.5 Å². The molecule has 1 aliphatic rings. The molecular weight excluding hydrogens is 320 g/mol. The van der Waals surface area contributed by atoms with Gasteiger partial charge in [0.15, 0.2) is 11.5 Å². The van der Waals surface area contributed by atoms with E-state index >= 15 is 0 Å². The van der Waals surface area contributed by atoms with Crippen LogP contribution in [-0.4, -0.2) is 42.6 Å². The topological polar surface area (TPSA) is 55.2 Å². The fraction of sp³-hybridized carbons (Fsp3) is 0.421. The molecule has 0 saturated carbocycles. The molecule has 25 heavy (non-hydrogen) atoms. The molecule has 0 saturated heterocycles. The van der Waals surface area contributed by atoms with E-state index < -0.39 is 0 Å². The van der Waals surface area contributed by atoms with Gasteiger partial charge in [0, 0.05) is 13.6 Å². The van der Waals surface area contributed by atoms with Gasteiger partial charge in [-0.1, -0.05) is 13.0 Å². The summed E-state index contributed by atoms with van der Waals surface area (Å²) in [6, 6.07) is 9.72. The molecule has 0 radical (unpaired) electrons. The zero-order valence-corrected chi connectivity index (χ0v) is 14.9. The number of benzene rings is 1. The summed E-state index contributed by atoms with van der Waals surface area (Å²) in [5, 5.41) is 0. The van der Waals surface area contributed by atoms with E-state index in [4.69, 9.17) is 13.9 Å². The minimum Gasteiger partial charge on any atom is -0.464 e. The van der Waals surface area contributed by atoms with Gasteiger partial charge in [0.2, 0.25) is 12.7 Å². The second kappa shape index (κ2) is 7.61. The number of nitrogens with zero attached hydrogens (tertiary/aromatic N) is 2. The third-order valence-corrected chi connectivity index (χ3v) is 4.26. The first-order valence-electron chi connectivity index (χ1n) is 8.45. The molecule has 2 aromatic rings. The molecule has 1 aromatic carbocycles. The predicted octanol–water partition coefficient (Wildman–Crippen LogP) is 2.80. The molecule has 0 unspecified atom stereocenters. The Morgan fingerprint density at radius 3 is 2.64 bits per heavy atom. The van der Waals surface area contributed by atoms with Crippen LogP contribution in [0, 0.1) is 6.92 Å². The van der Waals surface area contributed by atoms with Crippen molar-refractivity contribution in [3.63, 3.8) is 0 Å². The molecule has 3 rings (SSSR count). The van der Waals surface area contributed by atoms with Crippen LogP contribution in [0.15, 0.2) is 34.7 Å². The summed E-state index contributed by atoms with van der Waals surface area (Å²) in [7, 11) is 1.80. The Balaban J connectivity index is 1.56. The lowest BCUT2D eigenvalue weighted by atomic mass is 10.2. The third-order valence-electron chi connectivity index (χ3n) is 4.26. The summed E-state index contributed by atoms with van der Waals surface area (Å²) < 4.78 is 16.3. The van der Waals surface area contributed by atoms with Gasteiger partial charge in [-0.3, -0.25) is 9.69 Å². The largest absolute Gasteiger partial charge is 0.464 e. The average Bonchev–Trinajstić information content (AvgIpc) is 3.22. The van der Waals surface area contributed by atoms with Crippen molar-refractivity contribution in [2.45, 2.75) is 26.9 Å². The molecule has 1 aliphatic heterocycles. The van der Waals surface area contributed by atoms with Crippen LogP contribution in [0.5, 0.6) is 11.5 Å². The van der Waals surface area contributed by atoms with Crippen molar-refractivity contribution >= 4 is 5.91 Å². The van der Waals surface area contributed by atoms with Crippen molar-refractivity contribution < 1.29 is 18.7 Å². The first kappa shape index (κ1) is 17.4. The number of carbonyl (C=O) groups excluding carboxylic acids is 1. The fourth-order valence-electron chi connectivity index (χ4n) is 2.78. The third kappa shape index (κ3) is 4.33. The number of carbonyl (C=O) groups is 1. The first-order valence-corrected chi connectivity index (χ1v) is 8.45. The lowest BCUT2D eigenvalue weighted by Crippen LogP contribution is -2.37. The van der Waals surface area contributed by atoms with Gasteiger partial charge in [0.05, 0.1) is 13.1 Å². The maximum Gasteiger partial charge on any atom is 0.236 e. The van der Waals surface area contributed by atoms with E-state index in [-0.39, 0.29) is 12.7 Å². The number of aryl methyl sites for hydroxylation is 1. The Labute approximate surface area is 147 Å². The molecule has 6 heteroatoms. The molecular formula is C19H24N2O4. The standard InChI is InChI=1S/C19H24N2O4/c1-4-21(10-15-6-8-17-18(9-15)24-13-23-17)12-19(22)20(3)11-16-7-5-14(2)25-16/h5-9H,4,10-13H2,1-3H3. The summed E-state index contributed by atoms with van der Waals surface area (Å²) in [5.41, 5.74) is 1.10. The number of hydrogen-bond acceptors (Lipinski definition) is 5. The first-order chi connectivity index (χ1) is 12.0. The minimum atomic E-state index is 0.0663. The second-order valence-corrected chi connectivity index (χ2v) is 6.25. The number of hydrogen-bond donors (Lipinski definition) is 0. The van der Waals surface area contributed by atoms with Crippen LogP contribution in [0.1, 0.15) is 24.0 Å². The molecule has 6 nitrogen and oxygen atoms in total. The van der Waals surface area contributed by atoms with E-state index in [1.165, 1.54) is 0 Å². The smallest absolute Gasteiger partial charge is 0.236 e. The molecule has 2 heterocycles. The van der Waals surface area contributed by atoms with Crippen LogP contribution in [0.3, 0.4) is 0 Å². The highest BCUT2D eigenvalue weighted by Gasteiger charge is 2.17. The van der Waals surface area contributed by atoms with Crippen molar-refractivity contribution in [3.8, 4) is 11.5 Å². The number of amides is 1. The van der Waals surface area contributed by atoms with Gasteiger partial charge >= 0.3 is 0 Å². The number of furan rings is 1. The van der Waals surface area contributed by atoms with Crippen molar-refractivity contribution in [1.29, 1.82) is 0 Å². The van der Waals surface area contributed by atoms with E-state index in [2.05, 4.69) is 11.8 Å². The molecule has 0 bridgehead atoms. The molecule has 134 valence electrons. The molecule has 0 N–H and O–H groups in total. The summed E-state index contributed by atoms with van der Waals surface area (Å²) >= 11 is 0. The van der Waals surface area contributed by atoms with Crippen LogP contribution in [0.4, 0.5) is 0 Å². The minimum absolute atomic E-state index is 0.0663. The van der Waals surface area contributed by atoms with Crippen LogP contribution in [0.25, 0.3) is 0 Å². The van der Waals surface area contributed by atoms with Crippen molar-refractivity contribution in [3.05, 3.63) is 47.4 Å². The zero-order chi connectivity index (χ0) is 17.8. The highest BCUT2D eigenvalue weighted by molar-refractivity contribution is 5.77. The maximum absolute atomic E-state index is 12.5. The quantitative estimate of drug-likeness (QED) is 0.773. The van der Waals surface area contributed by atoms with Crippen LogP contribution in [-0.2, 0) is 17.9 Å². The van der Waals surface area contributed by atoms with Crippen molar-refractivity contribution in [2.75, 3.05) is 26.9 Å². The molecule has 1 amide bonds. The Morgan fingerprint density at radius 1 is 1.12 bits per heavy atom. The number of fused-ring (bicyclic) bond motifs is 1. The summed E-state index contributed by atoms with van der Waals surface area (Å²) in [6.45, 7) is 6.54. The van der Waals surface area contributed by atoms with Gasteiger partial charge in [-0.25, -0.2) is 0 Å². The SMILES string of the molecule is CCN(CC(=O)N(C)Cc1ccc(C)o1)Cc1ccc2c(c1)OCO2. The van der Waals surface area contributed by atoms with Crippen LogP contribution in [0.2, 0.25) is 0 Å². The molecule has 0 aliphatic carbocycles. The highest BCUT2D eigenvalue weighted by Crippen LogP contribution is 2.32.